The van der Waals surface area contributed by atoms with Crippen molar-refractivity contribution in [2.24, 2.45) is 0 Å². The van der Waals surface area contributed by atoms with Crippen LogP contribution in [0.4, 0.5) is 0 Å². The second-order valence-electron chi connectivity index (χ2n) is 4.63. The highest BCUT2D eigenvalue weighted by atomic mass is 32.2. The van der Waals surface area contributed by atoms with E-state index in [1.165, 1.54) is 0 Å². The maximum Gasteiger partial charge on any atom is 0.232 e. The van der Waals surface area contributed by atoms with E-state index in [0.29, 0.717) is 18.2 Å². The molecule has 1 rings (SSSR count). The first-order chi connectivity index (χ1) is 8.54. The summed E-state index contributed by atoms with van der Waals surface area (Å²) in [6.07, 6.45) is 1.12. The molecule has 0 saturated heterocycles. The quantitative estimate of drug-likeness (QED) is 0.721. The van der Waals surface area contributed by atoms with E-state index in [9.17, 15) is 4.79 Å². The van der Waals surface area contributed by atoms with E-state index in [1.807, 2.05) is 7.05 Å². The Morgan fingerprint density at radius 1 is 1.56 bits per heavy atom. The predicted octanol–water partition coefficient (Wildman–Crippen LogP) is 3.37. The van der Waals surface area contributed by atoms with E-state index < -0.39 is 0 Å². The molecule has 1 aromatic heterocycles. The molecule has 0 aliphatic heterocycles. The Morgan fingerprint density at radius 2 is 2.28 bits per heavy atom. The molecular formula is C13H22N2OS2. The average Bonchev–Trinajstić information content (AvgIpc) is 2.77. The zero-order valence-corrected chi connectivity index (χ0v) is 13.2. The van der Waals surface area contributed by atoms with Gasteiger partial charge in [0.05, 0.1) is 23.0 Å². The minimum atomic E-state index is 0.188. The molecular weight excluding hydrogens is 264 g/mol. The first kappa shape index (κ1) is 15.5. The lowest BCUT2D eigenvalue weighted by Crippen LogP contribution is -2.28. The predicted molar refractivity (Wildman–Crippen MR) is 80.3 cm³/mol. The molecule has 5 heteroatoms. The van der Waals surface area contributed by atoms with Crippen LogP contribution in [0, 0.1) is 0 Å². The third-order valence-electron chi connectivity index (χ3n) is 2.46. The van der Waals surface area contributed by atoms with E-state index in [2.05, 4.69) is 31.1 Å². The Morgan fingerprint density at radius 3 is 2.83 bits per heavy atom. The molecule has 1 aromatic rings. The Kier molecular flexibility index (Phi) is 6.71. The third-order valence-corrected chi connectivity index (χ3v) is 4.80. The van der Waals surface area contributed by atoms with Gasteiger partial charge in [0.1, 0.15) is 0 Å². The van der Waals surface area contributed by atoms with Crippen molar-refractivity contribution < 1.29 is 4.79 Å². The van der Waals surface area contributed by atoms with Crippen LogP contribution in [0.15, 0.2) is 5.38 Å². The minimum Gasteiger partial charge on any atom is -0.339 e. The van der Waals surface area contributed by atoms with Crippen LogP contribution in [0.25, 0.3) is 0 Å². The number of rotatable bonds is 7. The van der Waals surface area contributed by atoms with Crippen molar-refractivity contribution >= 4 is 29.0 Å². The number of hydrogen-bond acceptors (Lipinski definition) is 4. The van der Waals surface area contributed by atoms with Gasteiger partial charge in [-0.3, -0.25) is 4.79 Å². The van der Waals surface area contributed by atoms with Gasteiger partial charge in [-0.15, -0.1) is 11.3 Å². The van der Waals surface area contributed by atoms with Crippen LogP contribution in [0.3, 0.4) is 0 Å². The van der Waals surface area contributed by atoms with Crippen molar-refractivity contribution in [2.75, 3.05) is 18.6 Å². The van der Waals surface area contributed by atoms with Crippen LogP contribution in [0.5, 0.6) is 0 Å². The van der Waals surface area contributed by atoms with Crippen LogP contribution in [0.2, 0.25) is 0 Å². The molecule has 1 amide bonds. The van der Waals surface area contributed by atoms with Crippen molar-refractivity contribution in [2.45, 2.75) is 39.7 Å². The average molecular weight is 286 g/mol. The number of thioether (sulfide) groups is 1. The second-order valence-corrected chi connectivity index (χ2v) is 6.63. The van der Waals surface area contributed by atoms with Gasteiger partial charge in [0.15, 0.2) is 0 Å². The number of aromatic nitrogens is 1. The van der Waals surface area contributed by atoms with Crippen LogP contribution in [0.1, 0.15) is 43.8 Å². The lowest BCUT2D eigenvalue weighted by atomic mass is 10.2. The summed E-state index contributed by atoms with van der Waals surface area (Å²) in [7, 11) is 1.85. The second kappa shape index (κ2) is 7.79. The topological polar surface area (TPSA) is 33.2 Å². The van der Waals surface area contributed by atoms with Gasteiger partial charge in [0.2, 0.25) is 5.91 Å². The van der Waals surface area contributed by atoms with Crippen LogP contribution >= 0.6 is 23.1 Å². The zero-order valence-electron chi connectivity index (χ0n) is 11.6. The molecule has 0 unspecified atom stereocenters. The van der Waals surface area contributed by atoms with Gasteiger partial charge < -0.3 is 4.90 Å². The molecule has 0 aromatic carbocycles. The molecule has 3 nitrogen and oxygen atoms in total. The Balaban J connectivity index is 2.42. The summed E-state index contributed by atoms with van der Waals surface area (Å²) in [5.74, 6) is 2.27. The first-order valence-electron chi connectivity index (χ1n) is 6.30. The normalized spacial score (nSPS) is 10.9. The summed E-state index contributed by atoms with van der Waals surface area (Å²) in [5.41, 5.74) is 1.00. The smallest absolute Gasteiger partial charge is 0.232 e. The van der Waals surface area contributed by atoms with Gasteiger partial charge in [-0.1, -0.05) is 20.8 Å². The largest absolute Gasteiger partial charge is 0.339 e. The van der Waals surface area contributed by atoms with Crippen LogP contribution in [-0.2, 0) is 11.3 Å². The molecule has 1 heterocycles. The molecule has 0 saturated carbocycles. The van der Waals surface area contributed by atoms with Crippen molar-refractivity contribution in [3.8, 4) is 0 Å². The fourth-order valence-corrected chi connectivity index (χ4v) is 3.06. The fraction of sp³-hybridized carbons (Fsp3) is 0.692. The highest BCUT2D eigenvalue weighted by molar-refractivity contribution is 7.99. The van der Waals surface area contributed by atoms with E-state index in [1.54, 1.807) is 28.0 Å². The lowest BCUT2D eigenvalue weighted by molar-refractivity contribution is -0.127. The molecule has 0 aliphatic carbocycles. The van der Waals surface area contributed by atoms with E-state index in [0.717, 1.165) is 22.9 Å². The summed E-state index contributed by atoms with van der Waals surface area (Å²) in [4.78, 5) is 18.2. The number of amides is 1. The Bertz CT molecular complexity index is 377. The maximum atomic E-state index is 11.8. The number of thiazole rings is 1. The molecule has 0 fully saturated rings. The van der Waals surface area contributed by atoms with Gasteiger partial charge in [-0.2, -0.15) is 11.8 Å². The van der Waals surface area contributed by atoms with Crippen molar-refractivity contribution in [1.29, 1.82) is 0 Å². The monoisotopic (exact) mass is 286 g/mol. The van der Waals surface area contributed by atoms with E-state index in [-0.39, 0.29) is 5.91 Å². The van der Waals surface area contributed by atoms with Gasteiger partial charge >= 0.3 is 0 Å². The van der Waals surface area contributed by atoms with Crippen LogP contribution < -0.4 is 0 Å². The summed E-state index contributed by atoms with van der Waals surface area (Å²) < 4.78 is 0. The molecule has 0 N–H and O–H groups in total. The van der Waals surface area contributed by atoms with Gasteiger partial charge in [-0.05, 0) is 12.2 Å². The Labute approximate surface area is 118 Å². The molecule has 102 valence electrons. The van der Waals surface area contributed by atoms with Crippen molar-refractivity contribution in [3.63, 3.8) is 0 Å². The van der Waals surface area contributed by atoms with Gasteiger partial charge in [0, 0.05) is 18.3 Å². The molecule has 0 atom stereocenters. The number of carbonyl (C=O) groups excluding carboxylic acids is 1. The van der Waals surface area contributed by atoms with Crippen molar-refractivity contribution in [3.05, 3.63) is 16.1 Å². The molecule has 18 heavy (non-hydrogen) atoms. The summed E-state index contributed by atoms with van der Waals surface area (Å²) >= 11 is 3.38. The summed E-state index contributed by atoms with van der Waals surface area (Å²) in [5, 5.41) is 3.20. The maximum absolute atomic E-state index is 11.8. The molecule has 0 bridgehead atoms. The Hall–Kier alpha value is -0.550. The third kappa shape index (κ3) is 4.98. The first-order valence-corrected chi connectivity index (χ1v) is 8.34. The van der Waals surface area contributed by atoms with Crippen molar-refractivity contribution in [1.82, 2.24) is 9.88 Å². The SMILES string of the molecule is CCCSCC(=O)N(C)Cc1csc(C(C)C)n1. The lowest BCUT2D eigenvalue weighted by Gasteiger charge is -2.15. The van der Waals surface area contributed by atoms with E-state index in [4.69, 9.17) is 0 Å². The zero-order chi connectivity index (χ0) is 13.5. The van der Waals surface area contributed by atoms with Gasteiger partial charge in [0.25, 0.3) is 0 Å². The number of carbonyl (C=O) groups is 1. The molecule has 0 spiro atoms. The highest BCUT2D eigenvalue weighted by Gasteiger charge is 2.12. The van der Waals surface area contributed by atoms with E-state index >= 15 is 0 Å². The fourth-order valence-electron chi connectivity index (χ4n) is 1.41. The summed E-state index contributed by atoms with van der Waals surface area (Å²) in [6.45, 7) is 7.02. The summed E-state index contributed by atoms with van der Waals surface area (Å²) in [6, 6.07) is 0. The molecule has 0 aliphatic rings. The van der Waals surface area contributed by atoms with Gasteiger partial charge in [-0.25, -0.2) is 4.98 Å². The highest BCUT2D eigenvalue weighted by Crippen LogP contribution is 2.19. The minimum absolute atomic E-state index is 0.188. The number of hydrogen-bond donors (Lipinski definition) is 0. The standard InChI is InChI=1S/C13H22N2OS2/c1-5-6-17-9-12(16)15(4)7-11-8-18-13(14-11)10(2)3/h8,10H,5-7,9H2,1-4H3. The number of nitrogens with zero attached hydrogens (tertiary/aromatic N) is 2. The van der Waals surface area contributed by atoms with Crippen LogP contribution in [-0.4, -0.2) is 34.3 Å². The molecule has 0 radical (unpaired) electrons.